The Bertz CT molecular complexity index is 725. The minimum atomic E-state index is -0.269. The first kappa shape index (κ1) is 20.5. The Morgan fingerprint density at radius 3 is 2.32 bits per heavy atom. The van der Waals surface area contributed by atoms with Crippen LogP contribution in [-0.2, 0) is 17.9 Å². The summed E-state index contributed by atoms with van der Waals surface area (Å²) in [5, 5.41) is 12.5. The molecule has 1 atom stereocenters. The maximum absolute atomic E-state index is 12.8. The van der Waals surface area contributed by atoms with Gasteiger partial charge >= 0.3 is 0 Å². The number of hydrogen-bond acceptors (Lipinski definition) is 4. The molecule has 2 aromatic rings. The Labute approximate surface area is 168 Å². The van der Waals surface area contributed by atoms with E-state index in [9.17, 15) is 9.90 Å². The van der Waals surface area contributed by atoms with E-state index < -0.39 is 0 Å². The molecule has 0 radical (unpaired) electrons. The molecule has 1 fully saturated rings. The molecule has 3 rings (SSSR count). The molecule has 28 heavy (non-hydrogen) atoms. The lowest BCUT2D eigenvalue weighted by molar-refractivity contribution is -0.128. The summed E-state index contributed by atoms with van der Waals surface area (Å²) < 4.78 is 0. The van der Waals surface area contributed by atoms with Gasteiger partial charge in [0.2, 0.25) is 5.91 Å². The number of nitrogens with one attached hydrogen (secondary N) is 1. The number of aryl methyl sites for hydroxylation is 1. The van der Waals surface area contributed by atoms with Crippen molar-refractivity contribution >= 4 is 5.91 Å². The van der Waals surface area contributed by atoms with Crippen molar-refractivity contribution in [2.24, 2.45) is 0 Å². The number of carbonyl (C=O) groups excluding carboxylic acids is 1. The van der Waals surface area contributed by atoms with E-state index in [1.165, 1.54) is 11.1 Å². The van der Waals surface area contributed by atoms with Crippen molar-refractivity contribution in [1.82, 2.24) is 15.1 Å². The van der Waals surface area contributed by atoms with Gasteiger partial charge in [0.25, 0.3) is 0 Å². The van der Waals surface area contributed by atoms with Crippen LogP contribution >= 0.6 is 0 Å². The average molecular weight is 382 g/mol. The van der Waals surface area contributed by atoms with Crippen molar-refractivity contribution in [3.63, 3.8) is 0 Å². The van der Waals surface area contributed by atoms with Crippen LogP contribution in [0.15, 0.2) is 54.6 Å². The summed E-state index contributed by atoms with van der Waals surface area (Å²) in [6, 6.07) is 18.4. The Morgan fingerprint density at radius 1 is 1.00 bits per heavy atom. The monoisotopic (exact) mass is 381 g/mol. The molecule has 5 heteroatoms. The molecule has 1 aliphatic rings. The minimum Gasteiger partial charge on any atom is -0.396 e. The van der Waals surface area contributed by atoms with Gasteiger partial charge in [-0.1, -0.05) is 60.2 Å². The fourth-order valence-corrected chi connectivity index (χ4v) is 3.69. The molecule has 0 bridgehead atoms. The van der Waals surface area contributed by atoms with Gasteiger partial charge in [0, 0.05) is 45.9 Å². The maximum Gasteiger partial charge on any atom is 0.237 e. The maximum atomic E-state index is 12.8. The molecule has 1 heterocycles. The SMILES string of the molecule is Cc1ccc(CNC(=O)C(CCO)N2CCN(Cc3ccccc3)CC2)cc1. The molecule has 0 aromatic heterocycles. The third-order valence-electron chi connectivity index (χ3n) is 5.39. The normalized spacial score (nSPS) is 16.6. The van der Waals surface area contributed by atoms with Gasteiger partial charge < -0.3 is 10.4 Å². The Morgan fingerprint density at radius 2 is 1.68 bits per heavy atom. The van der Waals surface area contributed by atoms with E-state index in [2.05, 4.69) is 58.4 Å². The molecule has 2 aromatic carbocycles. The summed E-state index contributed by atoms with van der Waals surface area (Å²) in [5.41, 5.74) is 3.62. The van der Waals surface area contributed by atoms with Crippen LogP contribution in [0, 0.1) is 6.92 Å². The number of aliphatic hydroxyl groups excluding tert-OH is 1. The van der Waals surface area contributed by atoms with E-state index in [4.69, 9.17) is 0 Å². The number of piperazine rings is 1. The topological polar surface area (TPSA) is 55.8 Å². The zero-order chi connectivity index (χ0) is 19.8. The van der Waals surface area contributed by atoms with Gasteiger partial charge in [0.15, 0.2) is 0 Å². The van der Waals surface area contributed by atoms with Crippen LogP contribution in [0.4, 0.5) is 0 Å². The number of carbonyl (C=O) groups is 1. The van der Waals surface area contributed by atoms with Gasteiger partial charge in [-0.3, -0.25) is 14.6 Å². The van der Waals surface area contributed by atoms with Gasteiger partial charge in [-0.05, 0) is 24.5 Å². The fourth-order valence-electron chi connectivity index (χ4n) is 3.69. The lowest BCUT2D eigenvalue weighted by Crippen LogP contribution is -2.54. The average Bonchev–Trinajstić information content (AvgIpc) is 2.73. The lowest BCUT2D eigenvalue weighted by Gasteiger charge is -2.38. The van der Waals surface area contributed by atoms with Crippen molar-refractivity contribution in [2.45, 2.75) is 32.5 Å². The zero-order valence-corrected chi connectivity index (χ0v) is 16.7. The van der Waals surface area contributed by atoms with Crippen LogP contribution in [0.2, 0.25) is 0 Å². The molecule has 1 unspecified atom stereocenters. The lowest BCUT2D eigenvalue weighted by atomic mass is 10.1. The van der Waals surface area contributed by atoms with Gasteiger partial charge in [0.1, 0.15) is 0 Å². The van der Waals surface area contributed by atoms with Crippen LogP contribution in [0.5, 0.6) is 0 Å². The van der Waals surface area contributed by atoms with Crippen LogP contribution in [-0.4, -0.2) is 59.6 Å². The predicted molar refractivity (Wildman–Crippen MR) is 112 cm³/mol. The molecule has 2 N–H and O–H groups in total. The number of rotatable bonds is 8. The first-order valence-corrected chi connectivity index (χ1v) is 10.1. The summed E-state index contributed by atoms with van der Waals surface area (Å²) in [7, 11) is 0. The highest BCUT2D eigenvalue weighted by atomic mass is 16.3. The molecule has 0 aliphatic carbocycles. The molecular weight excluding hydrogens is 350 g/mol. The number of amides is 1. The van der Waals surface area contributed by atoms with Crippen LogP contribution in [0.25, 0.3) is 0 Å². The number of nitrogens with zero attached hydrogens (tertiary/aromatic N) is 2. The summed E-state index contributed by atoms with van der Waals surface area (Å²) in [4.78, 5) is 17.4. The highest BCUT2D eigenvalue weighted by molar-refractivity contribution is 5.81. The molecule has 0 spiro atoms. The first-order chi connectivity index (χ1) is 13.7. The fraction of sp³-hybridized carbons (Fsp3) is 0.435. The summed E-state index contributed by atoms with van der Waals surface area (Å²) in [5.74, 6) is 0.00568. The second-order valence-electron chi connectivity index (χ2n) is 7.53. The number of hydrogen-bond donors (Lipinski definition) is 2. The molecule has 1 amide bonds. The predicted octanol–water partition coefficient (Wildman–Crippen LogP) is 2.18. The number of aliphatic hydroxyl groups is 1. The second-order valence-corrected chi connectivity index (χ2v) is 7.53. The molecule has 1 saturated heterocycles. The molecular formula is C23H31N3O2. The van der Waals surface area contributed by atoms with Gasteiger partial charge in [-0.25, -0.2) is 0 Å². The Hall–Kier alpha value is -2.21. The smallest absolute Gasteiger partial charge is 0.237 e. The second kappa shape index (κ2) is 10.4. The highest BCUT2D eigenvalue weighted by Crippen LogP contribution is 2.13. The zero-order valence-electron chi connectivity index (χ0n) is 16.7. The summed E-state index contributed by atoms with van der Waals surface area (Å²) >= 11 is 0. The van der Waals surface area contributed by atoms with Gasteiger partial charge in [-0.15, -0.1) is 0 Å². The van der Waals surface area contributed by atoms with Gasteiger partial charge in [0.05, 0.1) is 6.04 Å². The Balaban J connectivity index is 1.50. The van der Waals surface area contributed by atoms with Crippen molar-refractivity contribution in [2.75, 3.05) is 32.8 Å². The van der Waals surface area contributed by atoms with E-state index in [1.54, 1.807) is 0 Å². The standard InChI is InChI=1S/C23H31N3O2/c1-19-7-9-20(10-8-19)17-24-23(28)22(11-16-27)26-14-12-25(13-15-26)18-21-5-3-2-4-6-21/h2-10,22,27H,11-18H2,1H3,(H,24,28). The van der Waals surface area contributed by atoms with Crippen LogP contribution in [0.3, 0.4) is 0 Å². The summed E-state index contributed by atoms with van der Waals surface area (Å²) in [6.07, 6.45) is 0.471. The van der Waals surface area contributed by atoms with E-state index in [0.717, 1.165) is 38.3 Å². The van der Waals surface area contributed by atoms with Crippen LogP contribution in [0.1, 0.15) is 23.1 Å². The molecule has 0 saturated carbocycles. The van der Waals surface area contributed by atoms with Crippen molar-refractivity contribution in [3.05, 3.63) is 71.3 Å². The number of benzene rings is 2. The van der Waals surface area contributed by atoms with Crippen molar-refractivity contribution < 1.29 is 9.90 Å². The van der Waals surface area contributed by atoms with E-state index >= 15 is 0 Å². The summed E-state index contributed by atoms with van der Waals surface area (Å²) in [6.45, 7) is 7.09. The van der Waals surface area contributed by atoms with E-state index in [0.29, 0.717) is 13.0 Å². The molecule has 5 nitrogen and oxygen atoms in total. The minimum absolute atomic E-state index is 0.00568. The van der Waals surface area contributed by atoms with E-state index in [-0.39, 0.29) is 18.6 Å². The Kier molecular flexibility index (Phi) is 7.60. The largest absolute Gasteiger partial charge is 0.396 e. The highest BCUT2D eigenvalue weighted by Gasteiger charge is 2.28. The van der Waals surface area contributed by atoms with Crippen molar-refractivity contribution in [3.8, 4) is 0 Å². The molecule has 1 aliphatic heterocycles. The third kappa shape index (κ3) is 5.89. The third-order valence-corrected chi connectivity index (χ3v) is 5.39. The first-order valence-electron chi connectivity index (χ1n) is 10.1. The van der Waals surface area contributed by atoms with Crippen LogP contribution < -0.4 is 5.32 Å². The molecule has 150 valence electrons. The van der Waals surface area contributed by atoms with Crippen molar-refractivity contribution in [1.29, 1.82) is 0 Å². The quantitative estimate of drug-likeness (QED) is 0.736. The van der Waals surface area contributed by atoms with Gasteiger partial charge in [-0.2, -0.15) is 0 Å². The van der Waals surface area contributed by atoms with E-state index in [1.807, 2.05) is 18.2 Å².